The number of aliphatic hydroxyl groups excluding tert-OH is 1. The molecular formula is C13H19ClN2O2. The Bertz CT molecular complexity index is 401. The summed E-state index contributed by atoms with van der Waals surface area (Å²) < 4.78 is 5.40. The Morgan fingerprint density at radius 2 is 2.39 bits per heavy atom. The van der Waals surface area contributed by atoms with Gasteiger partial charge in [-0.2, -0.15) is 0 Å². The summed E-state index contributed by atoms with van der Waals surface area (Å²) in [6, 6.07) is 5.90. The topological polar surface area (TPSA) is 44.7 Å². The molecule has 1 fully saturated rings. The predicted molar refractivity (Wildman–Crippen MR) is 73.3 cm³/mol. The number of rotatable bonds is 4. The molecule has 0 spiro atoms. The van der Waals surface area contributed by atoms with Crippen LogP contribution in [0.1, 0.15) is 5.56 Å². The van der Waals surface area contributed by atoms with Gasteiger partial charge >= 0.3 is 0 Å². The molecule has 1 aliphatic rings. The van der Waals surface area contributed by atoms with Crippen LogP contribution in [0.25, 0.3) is 0 Å². The van der Waals surface area contributed by atoms with Crippen molar-refractivity contribution in [3.63, 3.8) is 0 Å². The zero-order valence-electron chi connectivity index (χ0n) is 10.5. The highest BCUT2D eigenvalue weighted by Crippen LogP contribution is 2.27. The first-order valence-corrected chi connectivity index (χ1v) is 6.52. The molecule has 2 rings (SSSR count). The molecule has 0 aliphatic carbocycles. The molecule has 1 atom stereocenters. The van der Waals surface area contributed by atoms with Gasteiger partial charge < -0.3 is 20.1 Å². The van der Waals surface area contributed by atoms with Gasteiger partial charge in [-0.1, -0.05) is 11.6 Å². The minimum atomic E-state index is 0.0236. The van der Waals surface area contributed by atoms with Crippen molar-refractivity contribution in [1.82, 2.24) is 5.32 Å². The Kier molecular flexibility index (Phi) is 4.83. The summed E-state index contributed by atoms with van der Waals surface area (Å²) in [6.45, 7) is 2.91. The number of aliphatic hydroxyl groups is 1. The Hall–Kier alpha value is -0.810. The number of morpholine rings is 1. The summed E-state index contributed by atoms with van der Waals surface area (Å²) in [7, 11) is 1.91. The van der Waals surface area contributed by atoms with Crippen LogP contribution in [0, 0.1) is 0 Å². The van der Waals surface area contributed by atoms with Gasteiger partial charge in [0.1, 0.15) is 0 Å². The second-order valence-electron chi connectivity index (χ2n) is 4.41. The number of nitrogens with one attached hydrogen (secondary N) is 1. The molecule has 0 amide bonds. The zero-order chi connectivity index (χ0) is 13.0. The summed E-state index contributed by atoms with van der Waals surface area (Å²) >= 11 is 6.04. The SMILES string of the molecule is CNCc1cc(Cl)ccc1N1CCOCC1CO. The molecular weight excluding hydrogens is 252 g/mol. The van der Waals surface area contributed by atoms with Gasteiger partial charge in [0.2, 0.25) is 0 Å². The van der Waals surface area contributed by atoms with Gasteiger partial charge in [0.25, 0.3) is 0 Å². The smallest absolute Gasteiger partial charge is 0.0755 e. The highest BCUT2D eigenvalue weighted by molar-refractivity contribution is 6.30. The number of anilines is 1. The van der Waals surface area contributed by atoms with Crippen molar-refractivity contribution in [3.05, 3.63) is 28.8 Å². The maximum atomic E-state index is 9.43. The van der Waals surface area contributed by atoms with Crippen LogP contribution in [0.15, 0.2) is 18.2 Å². The number of halogens is 1. The Balaban J connectivity index is 2.29. The molecule has 2 N–H and O–H groups in total. The summed E-state index contributed by atoms with van der Waals surface area (Å²) in [4.78, 5) is 2.20. The fraction of sp³-hybridized carbons (Fsp3) is 0.538. The third-order valence-corrected chi connectivity index (χ3v) is 3.39. The third-order valence-electron chi connectivity index (χ3n) is 3.16. The highest BCUT2D eigenvalue weighted by Gasteiger charge is 2.24. The molecule has 4 nitrogen and oxygen atoms in total. The van der Waals surface area contributed by atoms with Crippen LogP contribution in [0.3, 0.4) is 0 Å². The van der Waals surface area contributed by atoms with Crippen molar-refractivity contribution in [3.8, 4) is 0 Å². The maximum Gasteiger partial charge on any atom is 0.0755 e. The average Bonchev–Trinajstić information content (AvgIpc) is 2.39. The molecule has 0 saturated carbocycles. The van der Waals surface area contributed by atoms with Crippen LogP contribution in [0.4, 0.5) is 5.69 Å². The predicted octanol–water partition coefficient (Wildman–Crippen LogP) is 1.26. The largest absolute Gasteiger partial charge is 0.394 e. The lowest BCUT2D eigenvalue weighted by molar-refractivity contribution is 0.0726. The van der Waals surface area contributed by atoms with Gasteiger partial charge in [0.15, 0.2) is 0 Å². The van der Waals surface area contributed by atoms with E-state index >= 15 is 0 Å². The van der Waals surface area contributed by atoms with Crippen LogP contribution in [0.5, 0.6) is 0 Å². The minimum Gasteiger partial charge on any atom is -0.394 e. The van der Waals surface area contributed by atoms with Crippen molar-refractivity contribution < 1.29 is 9.84 Å². The number of benzene rings is 1. The molecule has 1 aliphatic heterocycles. The quantitative estimate of drug-likeness (QED) is 0.865. The van der Waals surface area contributed by atoms with E-state index in [0.29, 0.717) is 13.2 Å². The highest BCUT2D eigenvalue weighted by atomic mass is 35.5. The van der Waals surface area contributed by atoms with Crippen LogP contribution < -0.4 is 10.2 Å². The summed E-state index contributed by atoms with van der Waals surface area (Å²) in [5.41, 5.74) is 2.27. The van der Waals surface area contributed by atoms with E-state index in [1.807, 2.05) is 25.2 Å². The summed E-state index contributed by atoms with van der Waals surface area (Å²) in [6.07, 6.45) is 0. The molecule has 1 heterocycles. The van der Waals surface area contributed by atoms with Gasteiger partial charge in [-0.05, 0) is 30.8 Å². The molecule has 18 heavy (non-hydrogen) atoms. The molecule has 0 aromatic heterocycles. The molecule has 0 radical (unpaired) electrons. The monoisotopic (exact) mass is 270 g/mol. The first kappa shape index (κ1) is 13.6. The van der Waals surface area contributed by atoms with Crippen LogP contribution >= 0.6 is 11.6 Å². The first-order chi connectivity index (χ1) is 8.76. The lowest BCUT2D eigenvalue weighted by Gasteiger charge is -2.37. The fourth-order valence-corrected chi connectivity index (χ4v) is 2.48. The van der Waals surface area contributed by atoms with Gasteiger partial charge in [-0.25, -0.2) is 0 Å². The van der Waals surface area contributed by atoms with E-state index in [2.05, 4.69) is 10.2 Å². The van der Waals surface area contributed by atoms with Gasteiger partial charge in [0, 0.05) is 23.8 Å². The van der Waals surface area contributed by atoms with Gasteiger partial charge in [0.05, 0.1) is 25.9 Å². The molecule has 1 aromatic rings. The zero-order valence-corrected chi connectivity index (χ0v) is 11.3. The summed E-state index contributed by atoms with van der Waals surface area (Å²) in [5, 5.41) is 13.3. The standard InChI is InChI=1S/C13H19ClN2O2/c1-15-7-10-6-11(14)2-3-13(10)16-4-5-18-9-12(16)8-17/h2-3,6,12,15,17H,4-5,7-9H2,1H3. The molecule has 1 saturated heterocycles. The van der Waals surface area contributed by atoms with Crippen molar-refractivity contribution in [1.29, 1.82) is 0 Å². The van der Waals surface area contributed by atoms with Crippen molar-refractivity contribution >= 4 is 17.3 Å². The molecule has 1 aromatic carbocycles. The Labute approximate surface area is 113 Å². The van der Waals surface area contributed by atoms with Crippen LogP contribution in [0.2, 0.25) is 5.02 Å². The molecule has 5 heteroatoms. The van der Waals surface area contributed by atoms with E-state index in [1.165, 1.54) is 0 Å². The van der Waals surface area contributed by atoms with Crippen molar-refractivity contribution in [2.45, 2.75) is 12.6 Å². The van der Waals surface area contributed by atoms with Crippen molar-refractivity contribution in [2.75, 3.05) is 38.3 Å². The normalized spacial score (nSPS) is 20.2. The minimum absolute atomic E-state index is 0.0236. The van der Waals surface area contributed by atoms with Gasteiger partial charge in [-0.15, -0.1) is 0 Å². The van der Waals surface area contributed by atoms with E-state index in [-0.39, 0.29) is 12.6 Å². The van der Waals surface area contributed by atoms with Gasteiger partial charge in [-0.3, -0.25) is 0 Å². The lowest BCUT2D eigenvalue weighted by atomic mass is 10.1. The fourth-order valence-electron chi connectivity index (χ4n) is 2.29. The number of ether oxygens (including phenoxy) is 1. The van der Waals surface area contributed by atoms with E-state index in [4.69, 9.17) is 16.3 Å². The molecule has 1 unspecified atom stereocenters. The average molecular weight is 271 g/mol. The van der Waals surface area contributed by atoms with E-state index < -0.39 is 0 Å². The Morgan fingerprint density at radius 1 is 1.56 bits per heavy atom. The number of nitrogens with zero attached hydrogens (tertiary/aromatic N) is 1. The lowest BCUT2D eigenvalue weighted by Crippen LogP contribution is -2.48. The second kappa shape index (κ2) is 6.38. The van der Waals surface area contributed by atoms with Crippen LogP contribution in [-0.2, 0) is 11.3 Å². The number of hydrogen-bond donors (Lipinski definition) is 2. The number of hydrogen-bond acceptors (Lipinski definition) is 4. The molecule has 100 valence electrons. The van der Waals surface area contributed by atoms with Crippen molar-refractivity contribution in [2.24, 2.45) is 0 Å². The second-order valence-corrected chi connectivity index (χ2v) is 4.84. The third kappa shape index (κ3) is 2.95. The van der Waals surface area contributed by atoms with Crippen LogP contribution in [-0.4, -0.2) is 44.6 Å². The molecule has 0 bridgehead atoms. The van der Waals surface area contributed by atoms with E-state index in [0.717, 1.165) is 29.4 Å². The first-order valence-electron chi connectivity index (χ1n) is 6.14. The Morgan fingerprint density at radius 3 is 3.11 bits per heavy atom. The van der Waals surface area contributed by atoms with E-state index in [9.17, 15) is 5.11 Å². The maximum absolute atomic E-state index is 9.43. The van der Waals surface area contributed by atoms with E-state index in [1.54, 1.807) is 0 Å². The summed E-state index contributed by atoms with van der Waals surface area (Å²) in [5.74, 6) is 0.